The predicted octanol–water partition coefficient (Wildman–Crippen LogP) is 4.99. The molecule has 1 amide bonds. The minimum absolute atomic E-state index is 0.0492. The molecule has 240 valence electrons. The quantitative estimate of drug-likeness (QED) is 0.0422. The molecule has 0 aromatic heterocycles. The van der Waals surface area contributed by atoms with Gasteiger partial charge < -0.3 is 38.2 Å². The number of rotatable bonds is 23. The van der Waals surface area contributed by atoms with Crippen molar-refractivity contribution in [1.82, 2.24) is 5.32 Å². The Kier molecular flexibility index (Phi) is 20.7. The first kappa shape index (κ1) is 39.1. The largest absolute Gasteiger partial charge is 0.461 e. The van der Waals surface area contributed by atoms with Crippen LogP contribution in [0.15, 0.2) is 5.11 Å². The van der Waals surface area contributed by atoms with E-state index in [2.05, 4.69) is 56.9 Å². The van der Waals surface area contributed by atoms with Crippen LogP contribution in [0.4, 0.5) is 4.79 Å². The van der Waals surface area contributed by atoms with Gasteiger partial charge in [0, 0.05) is 18.0 Å². The number of carbonyl (C=O) groups is 2. The van der Waals surface area contributed by atoms with Crippen LogP contribution in [0.5, 0.6) is 0 Å². The molecule has 0 aliphatic heterocycles. The second-order valence-corrected chi connectivity index (χ2v) is 16.9. The van der Waals surface area contributed by atoms with Crippen LogP contribution in [0, 0.1) is 0 Å². The first-order valence-electron chi connectivity index (χ1n) is 14.4. The SMILES string of the molecule is CC(C)[Si](OCCOCCO[C@H](COCCNC(=O)OC(C)(C)C)COC(=O)COCCN=[N+]=[N-])(C(C)C)C(C)C. The fourth-order valence-corrected chi connectivity index (χ4v) is 10.0. The van der Waals surface area contributed by atoms with E-state index in [0.717, 1.165) is 0 Å². The maximum absolute atomic E-state index is 12.0. The summed E-state index contributed by atoms with van der Waals surface area (Å²) in [4.78, 5) is 26.3. The number of azide groups is 1. The summed E-state index contributed by atoms with van der Waals surface area (Å²) in [6.45, 7) is 21.0. The van der Waals surface area contributed by atoms with Gasteiger partial charge in [0.1, 0.15) is 24.9 Å². The van der Waals surface area contributed by atoms with E-state index in [0.29, 0.717) is 36.4 Å². The zero-order valence-corrected chi connectivity index (χ0v) is 27.6. The topological polar surface area (TPSA) is 160 Å². The van der Waals surface area contributed by atoms with Crippen molar-refractivity contribution >= 4 is 20.4 Å². The number of nitrogens with one attached hydrogen (secondary N) is 1. The third-order valence-corrected chi connectivity index (χ3v) is 12.3. The number of ether oxygens (including phenoxy) is 6. The zero-order valence-electron chi connectivity index (χ0n) is 26.6. The van der Waals surface area contributed by atoms with Gasteiger partial charge in [-0.15, -0.1) is 0 Å². The van der Waals surface area contributed by atoms with E-state index in [4.69, 9.17) is 38.4 Å². The monoisotopic (exact) mass is 606 g/mol. The minimum atomic E-state index is -1.93. The molecule has 13 nitrogen and oxygen atoms in total. The Hall–Kier alpha value is -1.93. The molecule has 0 saturated heterocycles. The summed E-state index contributed by atoms with van der Waals surface area (Å²) in [6, 6.07) is 0. The normalized spacial score (nSPS) is 12.9. The fourth-order valence-electron chi connectivity index (χ4n) is 4.58. The number of hydrogen-bond acceptors (Lipinski definition) is 10. The molecule has 0 heterocycles. The first-order valence-corrected chi connectivity index (χ1v) is 16.5. The van der Waals surface area contributed by atoms with Crippen molar-refractivity contribution in [2.24, 2.45) is 5.11 Å². The second-order valence-electron chi connectivity index (χ2n) is 11.5. The van der Waals surface area contributed by atoms with E-state index in [1.165, 1.54) is 0 Å². The molecule has 1 N–H and O–H groups in total. The Morgan fingerprint density at radius 1 is 0.854 bits per heavy atom. The Bertz CT molecular complexity index is 751. The van der Waals surface area contributed by atoms with Gasteiger partial charge in [0.25, 0.3) is 0 Å². The highest BCUT2D eigenvalue weighted by atomic mass is 28.4. The van der Waals surface area contributed by atoms with Gasteiger partial charge in [0.05, 0.1) is 46.2 Å². The average molecular weight is 607 g/mol. The molecule has 0 spiro atoms. The lowest BCUT2D eigenvalue weighted by atomic mass is 10.2. The standard InChI is InChI=1S/C27H54N4O9Si/c1-21(2)41(22(3)4,23(5)6)39-17-15-34-14-16-37-24(19-38-25(32)20-36-13-11-30-31-28)18-35-12-10-29-26(33)40-27(7,8)9/h21-24H,10-20H2,1-9H3,(H,29,33)/t24-/m1/s1. The van der Waals surface area contributed by atoms with Crippen LogP contribution < -0.4 is 5.32 Å². The number of carbonyl (C=O) groups excluding carboxylic acids is 2. The summed E-state index contributed by atoms with van der Waals surface area (Å²) in [5, 5.41) is 5.95. The van der Waals surface area contributed by atoms with Gasteiger partial charge in [-0.2, -0.15) is 0 Å². The number of esters is 1. The molecule has 0 fully saturated rings. The molecule has 14 heteroatoms. The number of hydrogen-bond donors (Lipinski definition) is 1. The summed E-state index contributed by atoms with van der Waals surface area (Å²) in [7, 11) is -1.93. The maximum Gasteiger partial charge on any atom is 0.407 e. The van der Waals surface area contributed by atoms with Crippen molar-refractivity contribution in [1.29, 1.82) is 0 Å². The molecular formula is C27H54N4O9Si. The molecule has 41 heavy (non-hydrogen) atoms. The highest BCUT2D eigenvalue weighted by Gasteiger charge is 2.44. The second kappa shape index (κ2) is 21.7. The van der Waals surface area contributed by atoms with Crippen LogP contribution in [-0.2, 0) is 37.6 Å². The molecule has 0 aromatic rings. The van der Waals surface area contributed by atoms with Gasteiger partial charge in [-0.05, 0) is 42.9 Å². The van der Waals surface area contributed by atoms with Crippen molar-refractivity contribution in [2.45, 2.75) is 90.6 Å². The molecular weight excluding hydrogens is 552 g/mol. The van der Waals surface area contributed by atoms with Gasteiger partial charge in [0.2, 0.25) is 0 Å². The Morgan fingerprint density at radius 2 is 1.49 bits per heavy atom. The van der Waals surface area contributed by atoms with Gasteiger partial charge in [0.15, 0.2) is 8.32 Å². The highest BCUT2D eigenvalue weighted by Crippen LogP contribution is 2.42. The summed E-state index contributed by atoms with van der Waals surface area (Å²) >= 11 is 0. The third kappa shape index (κ3) is 18.3. The molecule has 0 aliphatic carbocycles. The molecule has 0 radical (unpaired) electrons. The van der Waals surface area contributed by atoms with E-state index in [9.17, 15) is 9.59 Å². The highest BCUT2D eigenvalue weighted by molar-refractivity contribution is 6.77. The van der Waals surface area contributed by atoms with E-state index >= 15 is 0 Å². The zero-order chi connectivity index (χ0) is 31.3. The molecule has 0 aliphatic rings. The molecule has 1 atom stereocenters. The van der Waals surface area contributed by atoms with Crippen LogP contribution in [0.1, 0.15) is 62.3 Å². The van der Waals surface area contributed by atoms with Gasteiger partial charge in [-0.3, -0.25) is 0 Å². The van der Waals surface area contributed by atoms with Crippen LogP contribution >= 0.6 is 0 Å². The first-order chi connectivity index (χ1) is 19.3. The molecule has 0 aromatic carbocycles. The molecule has 0 rings (SSSR count). The summed E-state index contributed by atoms with van der Waals surface area (Å²) < 4.78 is 39.2. The van der Waals surface area contributed by atoms with Crippen LogP contribution in [0.3, 0.4) is 0 Å². The van der Waals surface area contributed by atoms with Crippen LogP contribution in [-0.4, -0.2) is 105 Å². The van der Waals surface area contributed by atoms with Crippen molar-refractivity contribution in [2.75, 3.05) is 72.6 Å². The lowest BCUT2D eigenvalue weighted by Crippen LogP contribution is -2.48. The number of amides is 1. The summed E-state index contributed by atoms with van der Waals surface area (Å²) in [5.74, 6) is -0.576. The van der Waals surface area contributed by atoms with Gasteiger partial charge in [-0.1, -0.05) is 46.7 Å². The smallest absolute Gasteiger partial charge is 0.407 e. The Balaban J connectivity index is 4.58. The Labute approximate surface area is 247 Å². The van der Waals surface area contributed by atoms with E-state index in [1.807, 2.05) is 0 Å². The average Bonchev–Trinajstić information content (AvgIpc) is 2.86. The lowest BCUT2D eigenvalue weighted by Gasteiger charge is -2.42. The maximum atomic E-state index is 12.0. The third-order valence-electron chi connectivity index (χ3n) is 6.14. The lowest BCUT2D eigenvalue weighted by molar-refractivity contribution is -0.155. The molecule has 0 saturated carbocycles. The van der Waals surface area contributed by atoms with E-state index in [-0.39, 0.29) is 52.7 Å². The molecule has 0 bridgehead atoms. The van der Waals surface area contributed by atoms with Crippen LogP contribution in [0.25, 0.3) is 10.4 Å². The molecule has 0 unspecified atom stereocenters. The van der Waals surface area contributed by atoms with Crippen molar-refractivity contribution in [3.8, 4) is 0 Å². The summed E-state index contributed by atoms with van der Waals surface area (Å²) in [6.07, 6.45) is -1.08. The Morgan fingerprint density at radius 3 is 2.07 bits per heavy atom. The van der Waals surface area contributed by atoms with Crippen LogP contribution in [0.2, 0.25) is 16.6 Å². The van der Waals surface area contributed by atoms with E-state index < -0.39 is 32.1 Å². The van der Waals surface area contributed by atoms with Crippen molar-refractivity contribution < 1.29 is 42.4 Å². The predicted molar refractivity (Wildman–Crippen MR) is 158 cm³/mol. The number of nitrogens with zero attached hydrogens (tertiary/aromatic N) is 3. The van der Waals surface area contributed by atoms with Crippen molar-refractivity contribution in [3.05, 3.63) is 10.4 Å². The van der Waals surface area contributed by atoms with Gasteiger partial charge in [-0.25, -0.2) is 9.59 Å². The minimum Gasteiger partial charge on any atom is -0.461 e. The summed E-state index contributed by atoms with van der Waals surface area (Å²) in [5.41, 5.74) is 9.19. The van der Waals surface area contributed by atoms with Crippen molar-refractivity contribution in [3.63, 3.8) is 0 Å². The van der Waals surface area contributed by atoms with E-state index in [1.54, 1.807) is 20.8 Å². The fraction of sp³-hybridized carbons (Fsp3) is 0.926. The van der Waals surface area contributed by atoms with Gasteiger partial charge >= 0.3 is 12.1 Å². The number of alkyl carbamates (subject to hydrolysis) is 1.